The highest BCUT2D eigenvalue weighted by molar-refractivity contribution is 5.95. The van der Waals surface area contributed by atoms with Crippen molar-refractivity contribution in [3.8, 4) is 74.7 Å². The van der Waals surface area contributed by atoms with Gasteiger partial charge in [0.2, 0.25) is 0 Å². The van der Waals surface area contributed by atoms with Crippen molar-refractivity contribution in [1.82, 2.24) is 0 Å². The number of aryl methyl sites for hydroxylation is 1. The summed E-state index contributed by atoms with van der Waals surface area (Å²) in [5.74, 6) is -0.257. The molecule has 8 aromatic carbocycles. The fraction of sp³-hybridized carbons (Fsp3) is 0.339. The summed E-state index contributed by atoms with van der Waals surface area (Å²) in [5.41, 5.74) is 2.15. The molecule has 0 radical (unpaired) electrons. The third-order valence-corrected chi connectivity index (χ3v) is 20.2. The van der Waals surface area contributed by atoms with E-state index in [1.807, 2.05) is 0 Å². The summed E-state index contributed by atoms with van der Waals surface area (Å²) in [4.78, 5) is 142. The number of rotatable bonds is 68. The zero-order valence-corrected chi connectivity index (χ0v) is 81.8. The van der Waals surface area contributed by atoms with E-state index < -0.39 is 65.7 Å². The SMILES string of the molecule is C=CC(=O)OCCCCCCOc1ccc(C(=O)Oc2ccc(OC(=O)c3ccc(OCCCCCCOC(=O)C=C)c(OCCCCCCOC(=O)C=C)c3)cc2)cc1OCCCCCCOC(=O)C=C.C=CC(=O)OCCCCCCOc1ccc(C(=O)Oc2ccc(OC)cc2)cc1.C=CC(=O)OCCCOc1ccc(C(=O)Oc2ccc(OC(=O)c3ccc(OCCCOC(=O)C=C)cc3)c(C)c2)cc1. The van der Waals surface area contributed by atoms with E-state index in [0.29, 0.717) is 198 Å². The van der Waals surface area contributed by atoms with Gasteiger partial charge in [-0.15, -0.1) is 0 Å². The number of ether oxygens (including phenoxy) is 20. The molecule has 8 aromatic rings. The molecule has 0 aliphatic rings. The van der Waals surface area contributed by atoms with Crippen molar-refractivity contribution in [1.29, 1.82) is 0 Å². The Kier molecular flexibility index (Phi) is 57.2. The van der Waals surface area contributed by atoms with Gasteiger partial charge in [0.1, 0.15) is 51.7 Å². The average Bonchev–Trinajstić information content (AvgIpc) is 0.840. The monoisotopic (exact) mass is 1980 g/mol. The van der Waals surface area contributed by atoms with Gasteiger partial charge in [0.15, 0.2) is 23.0 Å². The lowest BCUT2D eigenvalue weighted by molar-refractivity contribution is -0.138. The van der Waals surface area contributed by atoms with Crippen LogP contribution in [-0.4, -0.2) is 171 Å². The topological polar surface area (TPSA) is 389 Å². The predicted octanol–water partition coefficient (Wildman–Crippen LogP) is 20.8. The fourth-order valence-corrected chi connectivity index (χ4v) is 12.5. The summed E-state index contributed by atoms with van der Waals surface area (Å²) in [6, 6.07) is 47.0. The molecule has 0 unspecified atom stereocenters. The Labute approximate surface area is 840 Å². The highest BCUT2D eigenvalue weighted by Crippen LogP contribution is 2.34. The van der Waals surface area contributed by atoms with Crippen LogP contribution in [0.15, 0.2) is 265 Å². The normalized spacial score (nSPS) is 10.3. The van der Waals surface area contributed by atoms with Crippen LogP contribution in [0.2, 0.25) is 0 Å². The number of benzene rings is 8. The van der Waals surface area contributed by atoms with Crippen LogP contribution in [0.5, 0.6) is 74.7 Å². The zero-order valence-electron chi connectivity index (χ0n) is 81.8. The summed E-state index contributed by atoms with van der Waals surface area (Å²) in [6.45, 7) is 30.2. The van der Waals surface area contributed by atoms with Crippen molar-refractivity contribution in [2.45, 2.75) is 148 Å². The van der Waals surface area contributed by atoms with Crippen LogP contribution in [0.4, 0.5) is 0 Å². The molecule has 0 aliphatic heterocycles. The van der Waals surface area contributed by atoms with Gasteiger partial charge in [-0.2, -0.15) is 0 Å². The lowest BCUT2D eigenvalue weighted by Crippen LogP contribution is -2.11. The summed E-state index contributed by atoms with van der Waals surface area (Å²) in [5, 5.41) is 0. The van der Waals surface area contributed by atoms with Crippen molar-refractivity contribution in [3.63, 3.8) is 0 Å². The van der Waals surface area contributed by atoms with Crippen LogP contribution in [0, 0.1) is 6.92 Å². The van der Waals surface area contributed by atoms with E-state index in [1.54, 1.807) is 160 Å². The third kappa shape index (κ3) is 49.2. The maximum atomic E-state index is 13.4. The molecule has 0 saturated heterocycles. The van der Waals surface area contributed by atoms with Crippen LogP contribution < -0.4 is 61.6 Å². The third-order valence-electron chi connectivity index (χ3n) is 20.2. The number of methoxy groups -OCH3 is 1. The van der Waals surface area contributed by atoms with Crippen LogP contribution in [0.1, 0.15) is 199 Å². The van der Waals surface area contributed by atoms with Crippen molar-refractivity contribution in [3.05, 3.63) is 298 Å². The molecule has 0 N–H and O–H groups in total. The Morgan fingerprint density at radius 3 is 0.667 bits per heavy atom. The Balaban J connectivity index is 0.000000369. The molecule has 0 saturated carbocycles. The van der Waals surface area contributed by atoms with Crippen LogP contribution in [0.3, 0.4) is 0 Å². The molecule has 144 heavy (non-hydrogen) atoms. The summed E-state index contributed by atoms with van der Waals surface area (Å²) in [7, 11) is 1.58. The van der Waals surface area contributed by atoms with Crippen molar-refractivity contribution in [2.24, 2.45) is 0 Å². The molecular weight excluding hydrogens is 1860 g/mol. The Morgan fingerprint density at radius 1 is 0.194 bits per heavy atom. The molecule has 0 bridgehead atoms. The molecule has 8 rings (SSSR count). The number of unbranched alkanes of at least 4 members (excludes halogenated alkanes) is 15. The maximum absolute atomic E-state index is 13.4. The van der Waals surface area contributed by atoms with Gasteiger partial charge in [-0.05, 0) is 317 Å². The molecule has 0 amide bonds. The van der Waals surface area contributed by atoms with E-state index in [9.17, 15) is 57.5 Å². The van der Waals surface area contributed by atoms with Gasteiger partial charge >= 0.3 is 71.6 Å². The summed E-state index contributed by atoms with van der Waals surface area (Å²) < 4.78 is 109. The van der Waals surface area contributed by atoms with Gasteiger partial charge in [-0.25, -0.2) is 57.5 Å². The van der Waals surface area contributed by atoms with E-state index in [-0.39, 0.29) is 47.6 Å². The minimum atomic E-state index is -0.641. The van der Waals surface area contributed by atoms with Crippen LogP contribution >= 0.6 is 0 Å². The molecule has 32 nitrogen and oxygen atoms in total. The summed E-state index contributed by atoms with van der Waals surface area (Å²) >= 11 is 0. The van der Waals surface area contributed by atoms with E-state index in [4.69, 9.17) is 94.7 Å². The highest BCUT2D eigenvalue weighted by Gasteiger charge is 2.21. The van der Waals surface area contributed by atoms with Gasteiger partial charge in [0.05, 0.1) is 127 Å². The van der Waals surface area contributed by atoms with Gasteiger partial charge in [0.25, 0.3) is 0 Å². The molecule has 32 heteroatoms. The van der Waals surface area contributed by atoms with Crippen molar-refractivity contribution in [2.75, 3.05) is 99.6 Å². The molecule has 0 aromatic heterocycles. The second kappa shape index (κ2) is 70.6. The number of hydrogen-bond donors (Lipinski definition) is 0. The minimum Gasteiger partial charge on any atom is -0.497 e. The quantitative estimate of drug-likeness (QED) is 0.0112. The molecular formula is C112H128O32. The van der Waals surface area contributed by atoms with E-state index >= 15 is 0 Å². The van der Waals surface area contributed by atoms with Gasteiger partial charge in [-0.1, -0.05) is 46.1 Å². The minimum absolute atomic E-state index is 0.215. The van der Waals surface area contributed by atoms with E-state index in [1.165, 1.54) is 30.3 Å². The first-order chi connectivity index (χ1) is 70.0. The first-order valence-electron chi connectivity index (χ1n) is 47.5. The number of esters is 12. The Morgan fingerprint density at radius 2 is 0.396 bits per heavy atom. The van der Waals surface area contributed by atoms with Crippen molar-refractivity contribution < 1.29 is 152 Å². The highest BCUT2D eigenvalue weighted by atomic mass is 16.6. The van der Waals surface area contributed by atoms with E-state index in [0.717, 1.165) is 145 Å². The molecule has 0 atom stereocenters. The first-order valence-corrected chi connectivity index (χ1v) is 47.5. The average molecular weight is 1990 g/mol. The summed E-state index contributed by atoms with van der Waals surface area (Å²) in [6.07, 6.45) is 25.1. The lowest BCUT2D eigenvalue weighted by Gasteiger charge is -2.15. The molecule has 0 heterocycles. The molecule has 0 spiro atoms. The fourth-order valence-electron chi connectivity index (χ4n) is 12.5. The lowest BCUT2D eigenvalue weighted by atomic mass is 10.2. The van der Waals surface area contributed by atoms with E-state index in [2.05, 4.69) is 46.1 Å². The predicted molar refractivity (Wildman–Crippen MR) is 536 cm³/mol. The Bertz CT molecular complexity index is 5240. The number of carbonyl (C=O) groups is 12. The molecule has 0 aliphatic carbocycles. The van der Waals surface area contributed by atoms with Gasteiger partial charge in [0, 0.05) is 55.4 Å². The van der Waals surface area contributed by atoms with Gasteiger partial charge in [-0.3, -0.25) is 0 Å². The van der Waals surface area contributed by atoms with Crippen LogP contribution in [-0.2, 0) is 66.7 Å². The van der Waals surface area contributed by atoms with Crippen LogP contribution in [0.25, 0.3) is 0 Å². The van der Waals surface area contributed by atoms with Gasteiger partial charge < -0.3 is 94.7 Å². The Hall–Kier alpha value is -16.0. The number of hydrogen-bond acceptors (Lipinski definition) is 32. The van der Waals surface area contributed by atoms with Crippen molar-refractivity contribution >= 4 is 71.6 Å². The number of carbonyl (C=O) groups excluding carboxylic acids is 12. The zero-order chi connectivity index (χ0) is 104. The maximum Gasteiger partial charge on any atom is 0.343 e. The second-order valence-corrected chi connectivity index (χ2v) is 31.2. The smallest absolute Gasteiger partial charge is 0.343 e. The largest absolute Gasteiger partial charge is 0.497 e. The molecule has 768 valence electrons. The molecule has 0 fully saturated rings. The standard InChI is InChI=1S/C56H70O16.C33H32O10.C23H26O6/c1-5-51(57)67-37-21-13-9-17-33-63-47-31-25-43(41-49(47)65-35-19-11-15-23-39-69-53(59)7-3)55(61)71-45-27-29-46(30-28-45)72-56(62)44-26-32-48(64-34-18-10-14-22-38-68-52(58)6-2)50(42-44)66-36-20-12-16-24-40-70-54(60)8-4;1-4-30(34)40-20-6-18-38-26-12-8-24(9-13-26)32(36)42-28-16-17-29(23(3)22-28)43-33(37)25-10-14-27(15-11-25)39-19-7-21-41-31(35)5-2;1-3-22(24)28-17-7-5-4-6-16-27-20-10-8-18(9-11-20)23(25)29-21-14-12-19(26-2)13-15-21/h5-8,25-32,41-42H,1-4,9-24,33-40H2;4-5,8-17,22H,1-2,6-7,18-21H2,3H3;3,8-15H,1,4-7,16-17H2,2H3. The second-order valence-electron chi connectivity index (χ2n) is 31.2. The first kappa shape index (κ1) is 117.